The van der Waals surface area contributed by atoms with E-state index in [0.717, 1.165) is 43.6 Å². The smallest absolute Gasteiger partial charge is 0.410 e. The molecule has 2 aromatic rings. The van der Waals surface area contributed by atoms with Crippen molar-refractivity contribution in [1.29, 1.82) is 0 Å². The van der Waals surface area contributed by atoms with Gasteiger partial charge in [0.2, 0.25) is 0 Å². The highest BCUT2D eigenvalue weighted by atomic mass is 16.6. The number of ether oxygens (including phenoxy) is 1. The zero-order valence-electron chi connectivity index (χ0n) is 13.6. The molecule has 0 saturated carbocycles. The highest BCUT2D eigenvalue weighted by molar-refractivity contribution is 5.68. The van der Waals surface area contributed by atoms with E-state index in [-0.39, 0.29) is 11.6 Å². The molecule has 1 aromatic heterocycles. The second-order valence-corrected chi connectivity index (χ2v) is 6.55. The molecule has 1 unspecified atom stereocenters. The largest absolute Gasteiger partial charge is 0.445 e. The molecule has 2 N–H and O–H groups in total. The van der Waals surface area contributed by atoms with Crippen LogP contribution in [0, 0.1) is 0 Å². The van der Waals surface area contributed by atoms with Gasteiger partial charge in [-0.25, -0.2) is 9.78 Å². The number of carbonyl (C=O) groups is 1. The zero-order valence-corrected chi connectivity index (χ0v) is 13.6. The number of fused-ring (bicyclic) bond motifs is 2. The highest BCUT2D eigenvalue weighted by Crippen LogP contribution is 2.34. The van der Waals surface area contributed by atoms with E-state index in [9.17, 15) is 4.79 Å². The Morgan fingerprint density at radius 1 is 1.33 bits per heavy atom. The van der Waals surface area contributed by atoms with Crippen LogP contribution in [0.5, 0.6) is 0 Å². The Labute approximate surface area is 141 Å². The number of carbonyl (C=O) groups excluding carboxylic acids is 1. The lowest BCUT2D eigenvalue weighted by Gasteiger charge is -2.44. The number of amides is 1. The second-order valence-electron chi connectivity index (χ2n) is 6.55. The van der Waals surface area contributed by atoms with Crippen LogP contribution in [-0.4, -0.2) is 40.6 Å². The van der Waals surface area contributed by atoms with Crippen LogP contribution < -0.4 is 5.32 Å². The third kappa shape index (κ3) is 2.78. The van der Waals surface area contributed by atoms with Gasteiger partial charge in [-0.3, -0.25) is 0 Å². The van der Waals surface area contributed by atoms with Crippen molar-refractivity contribution in [1.82, 2.24) is 20.2 Å². The number of rotatable bonds is 2. The molecule has 1 spiro atoms. The van der Waals surface area contributed by atoms with E-state index in [1.54, 1.807) is 6.33 Å². The summed E-state index contributed by atoms with van der Waals surface area (Å²) in [5, 5.41) is 3.60. The fraction of sp³-hybridized carbons (Fsp3) is 0.444. The molecule has 2 aliphatic rings. The predicted molar refractivity (Wildman–Crippen MR) is 89.4 cm³/mol. The second kappa shape index (κ2) is 6.28. The van der Waals surface area contributed by atoms with Gasteiger partial charge in [0, 0.05) is 31.7 Å². The van der Waals surface area contributed by atoms with E-state index >= 15 is 0 Å². The first-order chi connectivity index (χ1) is 11.8. The van der Waals surface area contributed by atoms with Crippen LogP contribution >= 0.6 is 0 Å². The molecule has 0 aliphatic carbocycles. The van der Waals surface area contributed by atoms with Crippen molar-refractivity contribution in [2.24, 2.45) is 0 Å². The topological polar surface area (TPSA) is 70.2 Å². The number of H-pyrrole nitrogens is 1. The van der Waals surface area contributed by atoms with Crippen LogP contribution in [0.3, 0.4) is 0 Å². The first-order valence-electron chi connectivity index (χ1n) is 8.50. The van der Waals surface area contributed by atoms with E-state index in [0.29, 0.717) is 13.2 Å². The molecule has 4 rings (SSSR count). The summed E-state index contributed by atoms with van der Waals surface area (Å²) >= 11 is 0. The first-order valence-corrected chi connectivity index (χ1v) is 8.50. The SMILES string of the molecule is O=C(OCc1ccccc1)N1CCCC2(C1)NCCc1[nH]cnc12. The molecule has 6 heteroatoms. The molecule has 126 valence electrons. The summed E-state index contributed by atoms with van der Waals surface area (Å²) in [5.74, 6) is 0. The summed E-state index contributed by atoms with van der Waals surface area (Å²) < 4.78 is 5.50. The van der Waals surface area contributed by atoms with E-state index in [1.165, 1.54) is 5.69 Å². The number of piperidine rings is 1. The van der Waals surface area contributed by atoms with Gasteiger partial charge in [0.1, 0.15) is 6.61 Å². The van der Waals surface area contributed by atoms with Gasteiger partial charge in [-0.15, -0.1) is 0 Å². The molecule has 0 bridgehead atoms. The average Bonchev–Trinajstić information content (AvgIpc) is 3.11. The third-order valence-electron chi connectivity index (χ3n) is 4.97. The number of nitrogens with zero attached hydrogens (tertiary/aromatic N) is 2. The molecule has 1 atom stereocenters. The molecular formula is C18H22N4O2. The van der Waals surface area contributed by atoms with Crippen molar-refractivity contribution >= 4 is 6.09 Å². The van der Waals surface area contributed by atoms with Gasteiger partial charge in [0.05, 0.1) is 17.6 Å². The third-order valence-corrected chi connectivity index (χ3v) is 4.97. The maximum atomic E-state index is 12.5. The fourth-order valence-electron chi connectivity index (χ4n) is 3.79. The lowest BCUT2D eigenvalue weighted by Crippen LogP contribution is -2.58. The van der Waals surface area contributed by atoms with Gasteiger partial charge < -0.3 is 19.9 Å². The standard InChI is InChI=1S/C18H22N4O2/c23-17(24-11-14-5-2-1-3-6-14)22-10-4-8-18(12-22)16-15(7-9-21-18)19-13-20-16/h1-3,5-6,13,21H,4,7-12H2,(H,19,20). The van der Waals surface area contributed by atoms with E-state index < -0.39 is 0 Å². The zero-order chi connectivity index (χ0) is 16.4. The maximum Gasteiger partial charge on any atom is 0.410 e. The molecule has 1 saturated heterocycles. The molecule has 1 fully saturated rings. The van der Waals surface area contributed by atoms with Gasteiger partial charge in [-0.1, -0.05) is 30.3 Å². The predicted octanol–water partition coefficient (Wildman–Crippen LogP) is 2.18. The number of benzene rings is 1. The molecule has 24 heavy (non-hydrogen) atoms. The molecular weight excluding hydrogens is 304 g/mol. The Balaban J connectivity index is 1.45. The number of aromatic amines is 1. The summed E-state index contributed by atoms with van der Waals surface area (Å²) in [4.78, 5) is 22.1. The number of likely N-dealkylation sites (tertiary alicyclic amines) is 1. The van der Waals surface area contributed by atoms with Crippen molar-refractivity contribution in [2.75, 3.05) is 19.6 Å². The number of imidazole rings is 1. The number of nitrogens with one attached hydrogen (secondary N) is 2. The van der Waals surface area contributed by atoms with Crippen LogP contribution in [0.4, 0.5) is 4.79 Å². The number of aromatic nitrogens is 2. The van der Waals surface area contributed by atoms with E-state index in [1.807, 2.05) is 35.2 Å². The Morgan fingerprint density at radius 2 is 2.21 bits per heavy atom. The molecule has 1 aromatic carbocycles. The minimum absolute atomic E-state index is 0.238. The summed E-state index contributed by atoms with van der Waals surface area (Å²) in [6.45, 7) is 2.56. The van der Waals surface area contributed by atoms with Crippen LogP contribution in [0.15, 0.2) is 36.7 Å². The van der Waals surface area contributed by atoms with Crippen molar-refractivity contribution < 1.29 is 9.53 Å². The minimum Gasteiger partial charge on any atom is -0.445 e. The van der Waals surface area contributed by atoms with Gasteiger partial charge in [-0.2, -0.15) is 0 Å². The Bertz CT molecular complexity index is 715. The highest BCUT2D eigenvalue weighted by Gasteiger charge is 2.43. The maximum absolute atomic E-state index is 12.5. The van der Waals surface area contributed by atoms with Gasteiger partial charge in [0.25, 0.3) is 0 Å². The summed E-state index contributed by atoms with van der Waals surface area (Å²) in [7, 11) is 0. The average molecular weight is 326 g/mol. The first kappa shape index (κ1) is 15.2. The van der Waals surface area contributed by atoms with Gasteiger partial charge >= 0.3 is 6.09 Å². The van der Waals surface area contributed by atoms with Crippen molar-refractivity contribution in [3.8, 4) is 0 Å². The molecule has 2 aliphatic heterocycles. The molecule has 6 nitrogen and oxygen atoms in total. The lowest BCUT2D eigenvalue weighted by atomic mass is 9.82. The fourth-order valence-corrected chi connectivity index (χ4v) is 3.79. The van der Waals surface area contributed by atoms with Crippen LogP contribution in [0.25, 0.3) is 0 Å². The minimum atomic E-state index is -0.248. The number of hydrogen-bond donors (Lipinski definition) is 2. The number of hydrogen-bond acceptors (Lipinski definition) is 4. The summed E-state index contributed by atoms with van der Waals surface area (Å²) in [5.41, 5.74) is 3.02. The Hall–Kier alpha value is -2.34. The Kier molecular flexibility index (Phi) is 3.98. The van der Waals surface area contributed by atoms with Crippen molar-refractivity contribution in [3.05, 3.63) is 53.6 Å². The van der Waals surface area contributed by atoms with Gasteiger partial charge in [0.15, 0.2) is 0 Å². The molecule has 0 radical (unpaired) electrons. The van der Waals surface area contributed by atoms with E-state index in [2.05, 4.69) is 15.3 Å². The lowest BCUT2D eigenvalue weighted by molar-refractivity contribution is 0.0619. The monoisotopic (exact) mass is 326 g/mol. The molecule has 3 heterocycles. The van der Waals surface area contributed by atoms with Crippen LogP contribution in [-0.2, 0) is 23.3 Å². The molecule has 1 amide bonds. The Morgan fingerprint density at radius 3 is 3.08 bits per heavy atom. The van der Waals surface area contributed by atoms with Crippen molar-refractivity contribution in [2.45, 2.75) is 31.4 Å². The van der Waals surface area contributed by atoms with E-state index in [4.69, 9.17) is 4.74 Å². The van der Waals surface area contributed by atoms with Crippen molar-refractivity contribution in [3.63, 3.8) is 0 Å². The van der Waals surface area contributed by atoms with Gasteiger partial charge in [-0.05, 0) is 18.4 Å². The summed E-state index contributed by atoms with van der Waals surface area (Å²) in [6.07, 6.45) is 4.40. The summed E-state index contributed by atoms with van der Waals surface area (Å²) in [6, 6.07) is 9.78. The quantitative estimate of drug-likeness (QED) is 0.887. The normalized spacial score (nSPS) is 23.1. The van der Waals surface area contributed by atoms with Crippen LogP contribution in [0.2, 0.25) is 0 Å². The van der Waals surface area contributed by atoms with Crippen LogP contribution in [0.1, 0.15) is 29.8 Å².